The molecule has 1 aromatic carbocycles. The summed E-state index contributed by atoms with van der Waals surface area (Å²) in [5.41, 5.74) is 0.925. The second kappa shape index (κ2) is 4.79. The van der Waals surface area contributed by atoms with E-state index in [0.29, 0.717) is 6.42 Å². The summed E-state index contributed by atoms with van der Waals surface area (Å²) in [7, 11) is 0. The Bertz CT molecular complexity index is 369. The van der Waals surface area contributed by atoms with Gasteiger partial charge in [-0.25, -0.2) is 9.50 Å². The van der Waals surface area contributed by atoms with Gasteiger partial charge in [-0.15, -0.1) is 0 Å². The largest absolute Gasteiger partial charge is 0.237 e. The molecule has 0 saturated carbocycles. The van der Waals surface area contributed by atoms with Gasteiger partial charge in [-0.05, 0) is 43.4 Å². The van der Waals surface area contributed by atoms with E-state index < -0.39 is 0 Å². The third kappa shape index (κ3) is 2.17. The predicted octanol–water partition coefficient (Wildman–Crippen LogP) is 3.62. The molecule has 2 rings (SSSR count). The van der Waals surface area contributed by atoms with Crippen molar-refractivity contribution in [1.82, 2.24) is 0 Å². The first-order chi connectivity index (χ1) is 7.77. The van der Waals surface area contributed by atoms with Gasteiger partial charge in [0.15, 0.2) is 0 Å². The van der Waals surface area contributed by atoms with Crippen LogP contribution in [0.15, 0.2) is 36.4 Å². The van der Waals surface area contributed by atoms with E-state index in [2.05, 4.69) is 12.2 Å². The van der Waals surface area contributed by atoms with Crippen molar-refractivity contribution in [2.24, 2.45) is 0 Å². The molecule has 1 aliphatic carbocycles. The van der Waals surface area contributed by atoms with Crippen LogP contribution in [0.5, 0.6) is 0 Å². The summed E-state index contributed by atoms with van der Waals surface area (Å²) in [6.07, 6.45) is 8.08. The number of hydrogen-bond donors (Lipinski definition) is 0. The lowest BCUT2D eigenvalue weighted by molar-refractivity contribution is 0.165. The lowest BCUT2D eigenvalue weighted by Gasteiger charge is -2.33. The average Bonchev–Trinajstić information content (AvgIpc) is 2.31. The summed E-state index contributed by atoms with van der Waals surface area (Å²) in [5.74, 6) is -0.221. The standard InChI is InChI=1S/C14H16FO/c15-13-6-4-12(5-7-13)14(10-11-16)8-2-1-3-9-14/h2,4-8H,1,3,9-11H2. The van der Waals surface area contributed by atoms with Crippen LogP contribution in [0.25, 0.3) is 0 Å². The van der Waals surface area contributed by atoms with Crippen molar-refractivity contribution >= 4 is 0 Å². The maximum Gasteiger partial charge on any atom is 0.123 e. The molecule has 1 atom stereocenters. The average molecular weight is 219 g/mol. The topological polar surface area (TPSA) is 19.9 Å². The molecule has 1 radical (unpaired) electrons. The number of benzene rings is 1. The summed E-state index contributed by atoms with van der Waals surface area (Å²) in [5, 5.41) is 10.9. The zero-order chi connectivity index (χ0) is 11.4. The van der Waals surface area contributed by atoms with E-state index in [-0.39, 0.29) is 17.8 Å². The van der Waals surface area contributed by atoms with Crippen molar-refractivity contribution in [2.45, 2.75) is 31.1 Å². The smallest absolute Gasteiger partial charge is 0.123 e. The molecule has 0 aromatic heterocycles. The summed E-state index contributed by atoms with van der Waals surface area (Å²) in [4.78, 5) is 0. The van der Waals surface area contributed by atoms with Crippen molar-refractivity contribution in [3.8, 4) is 0 Å². The first-order valence-electron chi connectivity index (χ1n) is 5.79. The minimum atomic E-state index is -0.221. The molecule has 1 unspecified atom stereocenters. The normalized spacial score (nSPS) is 24.6. The second-order valence-corrected chi connectivity index (χ2v) is 4.41. The Morgan fingerprint density at radius 1 is 1.25 bits per heavy atom. The SMILES string of the molecule is [O]CCC1(c2ccc(F)cc2)C=CCCC1. The highest BCUT2D eigenvalue weighted by Gasteiger charge is 2.30. The van der Waals surface area contributed by atoms with Crippen LogP contribution in [-0.4, -0.2) is 6.61 Å². The van der Waals surface area contributed by atoms with Crippen LogP contribution in [0.2, 0.25) is 0 Å². The molecule has 16 heavy (non-hydrogen) atoms. The van der Waals surface area contributed by atoms with Gasteiger partial charge in [-0.2, -0.15) is 0 Å². The van der Waals surface area contributed by atoms with Crippen LogP contribution < -0.4 is 0 Å². The molecule has 1 aliphatic rings. The first-order valence-corrected chi connectivity index (χ1v) is 5.79. The molecule has 0 N–H and O–H groups in total. The number of hydrogen-bond acceptors (Lipinski definition) is 0. The van der Waals surface area contributed by atoms with Crippen molar-refractivity contribution < 1.29 is 9.50 Å². The van der Waals surface area contributed by atoms with E-state index in [1.165, 1.54) is 12.1 Å². The Morgan fingerprint density at radius 3 is 2.56 bits per heavy atom. The maximum absolute atomic E-state index is 12.9. The van der Waals surface area contributed by atoms with Gasteiger partial charge >= 0.3 is 0 Å². The van der Waals surface area contributed by atoms with Gasteiger partial charge in [-0.3, -0.25) is 0 Å². The van der Waals surface area contributed by atoms with Gasteiger partial charge in [-0.1, -0.05) is 24.3 Å². The fourth-order valence-electron chi connectivity index (χ4n) is 2.48. The first kappa shape index (κ1) is 11.3. The van der Waals surface area contributed by atoms with Crippen molar-refractivity contribution in [1.29, 1.82) is 0 Å². The second-order valence-electron chi connectivity index (χ2n) is 4.41. The molecule has 1 aromatic rings. The molecule has 0 fully saturated rings. The molecule has 1 nitrogen and oxygen atoms in total. The third-order valence-electron chi connectivity index (χ3n) is 3.40. The molecule has 2 heteroatoms. The van der Waals surface area contributed by atoms with E-state index in [1.807, 2.05) is 0 Å². The molecule has 0 bridgehead atoms. The van der Waals surface area contributed by atoms with E-state index in [9.17, 15) is 9.50 Å². The molecule has 0 spiro atoms. The van der Waals surface area contributed by atoms with Crippen LogP contribution >= 0.6 is 0 Å². The number of halogens is 1. The number of allylic oxidation sites excluding steroid dienone is 2. The maximum atomic E-state index is 12.9. The summed E-state index contributed by atoms with van der Waals surface area (Å²) in [6.45, 7) is -0.0816. The Morgan fingerprint density at radius 2 is 2.00 bits per heavy atom. The van der Waals surface area contributed by atoms with Crippen LogP contribution in [0.4, 0.5) is 4.39 Å². The molecule has 0 heterocycles. The van der Waals surface area contributed by atoms with Gasteiger partial charge in [0.2, 0.25) is 0 Å². The van der Waals surface area contributed by atoms with Crippen molar-refractivity contribution in [3.05, 3.63) is 47.8 Å². The molecule has 0 saturated heterocycles. The van der Waals surface area contributed by atoms with Gasteiger partial charge < -0.3 is 0 Å². The molecule has 0 aliphatic heterocycles. The Hall–Kier alpha value is -1.15. The Labute approximate surface area is 95.6 Å². The fraction of sp³-hybridized carbons (Fsp3) is 0.429. The highest BCUT2D eigenvalue weighted by molar-refractivity contribution is 5.32. The highest BCUT2D eigenvalue weighted by atomic mass is 19.1. The van der Waals surface area contributed by atoms with Gasteiger partial charge in [0.25, 0.3) is 0 Å². The lowest BCUT2D eigenvalue weighted by Crippen LogP contribution is -2.26. The molecule has 0 amide bonds. The minimum absolute atomic E-state index is 0.0816. The van der Waals surface area contributed by atoms with Gasteiger partial charge in [0.1, 0.15) is 5.82 Å². The number of rotatable bonds is 3. The summed E-state index contributed by atoms with van der Waals surface area (Å²) in [6, 6.07) is 6.57. The predicted molar refractivity (Wildman–Crippen MR) is 61.2 cm³/mol. The van der Waals surface area contributed by atoms with Crippen LogP contribution in [-0.2, 0) is 10.5 Å². The lowest BCUT2D eigenvalue weighted by atomic mass is 9.71. The zero-order valence-electron chi connectivity index (χ0n) is 9.29. The van der Waals surface area contributed by atoms with Gasteiger partial charge in [0.05, 0.1) is 6.61 Å². The Kier molecular flexibility index (Phi) is 3.39. The van der Waals surface area contributed by atoms with Crippen molar-refractivity contribution in [3.63, 3.8) is 0 Å². The van der Waals surface area contributed by atoms with E-state index >= 15 is 0 Å². The van der Waals surface area contributed by atoms with Crippen LogP contribution in [0, 0.1) is 5.82 Å². The van der Waals surface area contributed by atoms with E-state index in [1.54, 1.807) is 12.1 Å². The van der Waals surface area contributed by atoms with Gasteiger partial charge in [0, 0.05) is 5.41 Å². The minimum Gasteiger partial charge on any atom is -0.237 e. The van der Waals surface area contributed by atoms with E-state index in [4.69, 9.17) is 0 Å². The quantitative estimate of drug-likeness (QED) is 0.692. The van der Waals surface area contributed by atoms with Crippen LogP contribution in [0.1, 0.15) is 31.2 Å². The summed E-state index contributed by atoms with van der Waals surface area (Å²) < 4.78 is 12.9. The molecular weight excluding hydrogens is 203 g/mol. The zero-order valence-corrected chi connectivity index (χ0v) is 9.29. The Balaban J connectivity index is 2.34. The third-order valence-corrected chi connectivity index (χ3v) is 3.40. The van der Waals surface area contributed by atoms with E-state index in [0.717, 1.165) is 24.8 Å². The fourth-order valence-corrected chi connectivity index (χ4v) is 2.48. The van der Waals surface area contributed by atoms with Crippen LogP contribution in [0.3, 0.4) is 0 Å². The summed E-state index contributed by atoms with van der Waals surface area (Å²) >= 11 is 0. The monoisotopic (exact) mass is 219 g/mol. The highest BCUT2D eigenvalue weighted by Crippen LogP contribution is 2.37. The molecular formula is C14H16FO. The molecule has 85 valence electrons. The van der Waals surface area contributed by atoms with Crippen molar-refractivity contribution in [2.75, 3.05) is 6.61 Å².